The zero-order chi connectivity index (χ0) is 17.4. The molecule has 3 heterocycles. The first kappa shape index (κ1) is 16.2. The van der Waals surface area contributed by atoms with E-state index in [1.54, 1.807) is 4.68 Å². The fraction of sp³-hybridized carbons (Fsp3) is 0.500. The lowest BCUT2D eigenvalue weighted by atomic mass is 9.90. The lowest BCUT2D eigenvalue weighted by molar-refractivity contribution is -0.0432. The molecule has 1 saturated heterocycles. The van der Waals surface area contributed by atoms with Crippen LogP contribution < -0.4 is 0 Å². The topological polar surface area (TPSA) is 80.2 Å². The SMILES string of the molecule is CC(C)n1cc(C2(O)CCCN(Cc3nc4ccccc4o3)C2)nn1. The summed E-state index contributed by atoms with van der Waals surface area (Å²) in [6.07, 6.45) is 3.44. The molecular weight excluding hydrogens is 318 g/mol. The molecule has 132 valence electrons. The van der Waals surface area contributed by atoms with Crippen LogP contribution in [0, 0.1) is 0 Å². The number of hydrogen-bond acceptors (Lipinski definition) is 6. The van der Waals surface area contributed by atoms with E-state index in [1.165, 1.54) is 0 Å². The monoisotopic (exact) mass is 341 g/mol. The van der Waals surface area contributed by atoms with Gasteiger partial charge in [0.15, 0.2) is 5.58 Å². The average Bonchev–Trinajstić information content (AvgIpc) is 3.22. The maximum Gasteiger partial charge on any atom is 0.209 e. The first-order chi connectivity index (χ1) is 12.0. The second-order valence-corrected chi connectivity index (χ2v) is 7.10. The van der Waals surface area contributed by atoms with Crippen molar-refractivity contribution in [2.75, 3.05) is 13.1 Å². The molecule has 0 saturated carbocycles. The normalized spacial score (nSPS) is 22.1. The second kappa shape index (κ2) is 6.24. The number of nitrogens with zero attached hydrogens (tertiary/aromatic N) is 5. The van der Waals surface area contributed by atoms with Gasteiger partial charge in [0.25, 0.3) is 0 Å². The summed E-state index contributed by atoms with van der Waals surface area (Å²) in [6, 6.07) is 7.98. The molecule has 1 N–H and O–H groups in total. The van der Waals surface area contributed by atoms with Crippen LogP contribution in [-0.4, -0.2) is 43.1 Å². The minimum Gasteiger partial charge on any atom is -0.439 e. The van der Waals surface area contributed by atoms with Crippen LogP contribution in [0.15, 0.2) is 34.9 Å². The van der Waals surface area contributed by atoms with Gasteiger partial charge in [-0.15, -0.1) is 5.10 Å². The summed E-state index contributed by atoms with van der Waals surface area (Å²) in [7, 11) is 0. The van der Waals surface area contributed by atoms with Gasteiger partial charge in [-0.2, -0.15) is 0 Å². The molecule has 1 aliphatic heterocycles. The molecule has 0 aliphatic carbocycles. The average molecular weight is 341 g/mol. The van der Waals surface area contributed by atoms with E-state index in [2.05, 4.69) is 20.2 Å². The van der Waals surface area contributed by atoms with E-state index in [-0.39, 0.29) is 6.04 Å². The Balaban J connectivity index is 1.51. The molecule has 0 radical (unpaired) electrons. The summed E-state index contributed by atoms with van der Waals surface area (Å²) < 4.78 is 7.60. The summed E-state index contributed by atoms with van der Waals surface area (Å²) in [6.45, 7) is 6.07. The number of aromatic nitrogens is 4. The molecule has 7 heteroatoms. The Bertz CT molecular complexity index is 838. The van der Waals surface area contributed by atoms with E-state index >= 15 is 0 Å². The molecule has 1 fully saturated rings. The molecule has 1 aliphatic rings. The number of hydrogen-bond donors (Lipinski definition) is 1. The molecule has 0 bridgehead atoms. The van der Waals surface area contributed by atoms with Crippen molar-refractivity contribution in [2.24, 2.45) is 0 Å². The number of β-amino-alcohol motifs (C(OH)–C–C–N with tert-alkyl or cyclic N) is 1. The first-order valence-electron chi connectivity index (χ1n) is 8.75. The highest BCUT2D eigenvalue weighted by atomic mass is 16.3. The predicted octanol–water partition coefficient (Wildman–Crippen LogP) is 2.48. The minimum atomic E-state index is -0.975. The van der Waals surface area contributed by atoms with Crippen molar-refractivity contribution in [2.45, 2.75) is 44.9 Å². The van der Waals surface area contributed by atoms with Gasteiger partial charge in [0, 0.05) is 12.6 Å². The van der Waals surface area contributed by atoms with Gasteiger partial charge in [0.2, 0.25) is 5.89 Å². The minimum absolute atomic E-state index is 0.226. The Kier molecular flexibility index (Phi) is 4.05. The number of likely N-dealkylation sites (tertiary alicyclic amines) is 1. The number of rotatable bonds is 4. The van der Waals surface area contributed by atoms with Crippen molar-refractivity contribution < 1.29 is 9.52 Å². The Morgan fingerprint density at radius 3 is 2.92 bits per heavy atom. The number of benzene rings is 1. The molecule has 0 spiro atoms. The van der Waals surface area contributed by atoms with Crippen LogP contribution in [0.3, 0.4) is 0 Å². The maximum absolute atomic E-state index is 11.1. The van der Waals surface area contributed by atoms with Crippen LogP contribution in [-0.2, 0) is 12.1 Å². The van der Waals surface area contributed by atoms with Gasteiger partial charge < -0.3 is 9.52 Å². The van der Waals surface area contributed by atoms with Crippen molar-refractivity contribution >= 4 is 11.1 Å². The van der Waals surface area contributed by atoms with E-state index in [4.69, 9.17) is 4.42 Å². The van der Waals surface area contributed by atoms with Crippen molar-refractivity contribution in [3.8, 4) is 0 Å². The summed E-state index contributed by atoms with van der Waals surface area (Å²) >= 11 is 0. The van der Waals surface area contributed by atoms with Gasteiger partial charge >= 0.3 is 0 Å². The van der Waals surface area contributed by atoms with Gasteiger partial charge in [-0.05, 0) is 45.4 Å². The highest BCUT2D eigenvalue weighted by Gasteiger charge is 2.38. The molecule has 2 aromatic heterocycles. The van der Waals surface area contributed by atoms with Crippen LogP contribution in [0.25, 0.3) is 11.1 Å². The largest absolute Gasteiger partial charge is 0.439 e. The lowest BCUT2D eigenvalue weighted by Gasteiger charge is -2.37. The van der Waals surface area contributed by atoms with E-state index in [0.29, 0.717) is 31.1 Å². The number of para-hydroxylation sites is 2. The summed E-state index contributed by atoms with van der Waals surface area (Å²) in [4.78, 5) is 6.70. The molecule has 3 aromatic rings. The van der Waals surface area contributed by atoms with Crippen LogP contribution in [0.1, 0.15) is 44.3 Å². The standard InChI is InChI=1S/C18H23N5O2/c1-13(2)23-10-16(20-21-23)18(24)8-5-9-22(12-18)11-17-19-14-6-3-4-7-15(14)25-17/h3-4,6-7,10,13,24H,5,8-9,11-12H2,1-2H3. The summed E-state index contributed by atoms with van der Waals surface area (Å²) in [5, 5.41) is 19.5. The quantitative estimate of drug-likeness (QED) is 0.785. The Morgan fingerprint density at radius 2 is 2.16 bits per heavy atom. The molecule has 1 unspecified atom stereocenters. The molecule has 25 heavy (non-hydrogen) atoms. The van der Waals surface area contributed by atoms with E-state index in [1.807, 2.05) is 44.3 Å². The number of aliphatic hydroxyl groups is 1. The highest BCUT2D eigenvalue weighted by Crippen LogP contribution is 2.31. The van der Waals surface area contributed by atoms with Gasteiger partial charge in [0.05, 0.1) is 12.7 Å². The van der Waals surface area contributed by atoms with Crippen molar-refractivity contribution in [1.29, 1.82) is 0 Å². The third-order valence-corrected chi connectivity index (χ3v) is 4.76. The third-order valence-electron chi connectivity index (χ3n) is 4.76. The molecule has 0 amide bonds. The van der Waals surface area contributed by atoms with Gasteiger partial charge in [-0.3, -0.25) is 4.90 Å². The zero-order valence-corrected chi connectivity index (χ0v) is 14.6. The van der Waals surface area contributed by atoms with Crippen molar-refractivity contribution in [1.82, 2.24) is 24.9 Å². The van der Waals surface area contributed by atoms with Gasteiger partial charge in [-0.25, -0.2) is 9.67 Å². The van der Waals surface area contributed by atoms with Crippen LogP contribution >= 0.6 is 0 Å². The predicted molar refractivity (Wildman–Crippen MR) is 92.8 cm³/mol. The van der Waals surface area contributed by atoms with Gasteiger partial charge in [-0.1, -0.05) is 17.3 Å². The van der Waals surface area contributed by atoms with Crippen LogP contribution in [0.4, 0.5) is 0 Å². The van der Waals surface area contributed by atoms with Crippen LogP contribution in [0.5, 0.6) is 0 Å². The number of piperidine rings is 1. The van der Waals surface area contributed by atoms with E-state index < -0.39 is 5.60 Å². The molecule has 4 rings (SSSR count). The zero-order valence-electron chi connectivity index (χ0n) is 14.6. The van der Waals surface area contributed by atoms with Gasteiger partial charge in [0.1, 0.15) is 16.8 Å². The first-order valence-corrected chi connectivity index (χ1v) is 8.75. The number of oxazole rings is 1. The van der Waals surface area contributed by atoms with Crippen molar-refractivity contribution in [3.05, 3.63) is 42.0 Å². The van der Waals surface area contributed by atoms with Crippen LogP contribution in [0.2, 0.25) is 0 Å². The Hall–Kier alpha value is -2.25. The Labute approximate surface area is 146 Å². The summed E-state index contributed by atoms with van der Waals surface area (Å²) in [5.41, 5.74) is 1.33. The smallest absolute Gasteiger partial charge is 0.209 e. The maximum atomic E-state index is 11.1. The Morgan fingerprint density at radius 1 is 1.32 bits per heavy atom. The fourth-order valence-electron chi connectivity index (χ4n) is 3.39. The molecule has 1 atom stereocenters. The lowest BCUT2D eigenvalue weighted by Crippen LogP contribution is -2.46. The summed E-state index contributed by atoms with van der Waals surface area (Å²) in [5.74, 6) is 0.677. The highest BCUT2D eigenvalue weighted by molar-refractivity contribution is 5.72. The number of fused-ring (bicyclic) bond motifs is 1. The fourth-order valence-corrected chi connectivity index (χ4v) is 3.39. The third kappa shape index (κ3) is 3.17. The van der Waals surface area contributed by atoms with E-state index in [9.17, 15) is 5.11 Å². The second-order valence-electron chi connectivity index (χ2n) is 7.10. The molecule has 1 aromatic carbocycles. The molecular formula is C18H23N5O2. The van der Waals surface area contributed by atoms with E-state index in [0.717, 1.165) is 24.1 Å². The molecule has 7 nitrogen and oxygen atoms in total. The van der Waals surface area contributed by atoms with Crippen molar-refractivity contribution in [3.63, 3.8) is 0 Å².